The average molecular weight is 363 g/mol. The van der Waals surface area contributed by atoms with E-state index in [0.29, 0.717) is 23.0 Å². The maximum Gasteiger partial charge on any atom is 0.354 e. The number of hydrogen-bond acceptors (Lipinski definition) is 3. The molecule has 138 valence electrons. The lowest BCUT2D eigenvalue weighted by molar-refractivity contribution is -0.418. The van der Waals surface area contributed by atoms with Crippen LogP contribution in [-0.2, 0) is 9.16 Å². The number of allylic oxidation sites excluding steroid dienone is 4. The van der Waals surface area contributed by atoms with Gasteiger partial charge in [-0.05, 0) is 29.8 Å². The van der Waals surface area contributed by atoms with Gasteiger partial charge in [0.2, 0.25) is 0 Å². The molecule has 0 N–H and O–H groups in total. The predicted octanol–water partition coefficient (Wildman–Crippen LogP) is 4.34. The first-order valence-electron chi connectivity index (χ1n) is 8.60. The van der Waals surface area contributed by atoms with Crippen LogP contribution in [0.25, 0.3) is 5.57 Å². The fourth-order valence-corrected chi connectivity index (χ4v) is 3.21. The van der Waals surface area contributed by atoms with Crippen LogP contribution in [0.2, 0.25) is 0 Å². The largest absolute Gasteiger partial charge is 0.496 e. The molecular weight excluding hydrogens is 340 g/mol. The molecule has 0 unspecified atom stereocenters. The molecule has 4 heteroatoms. The summed E-state index contributed by atoms with van der Waals surface area (Å²) in [4.78, 5) is 0. The van der Waals surface area contributed by atoms with Crippen molar-refractivity contribution >= 4 is 11.4 Å². The molecule has 27 heavy (non-hydrogen) atoms. The van der Waals surface area contributed by atoms with Crippen LogP contribution in [0.1, 0.15) is 11.1 Å². The maximum atomic E-state index is 5.68. The Morgan fingerprint density at radius 2 is 1.48 bits per heavy atom. The highest BCUT2D eigenvalue weighted by molar-refractivity contribution is 6.16. The molecule has 0 spiro atoms. The Hall–Kier alpha value is -3.27. The van der Waals surface area contributed by atoms with Crippen molar-refractivity contribution in [3.8, 4) is 11.5 Å². The molecular formula is C23H23O4+. The number of benzene rings is 2. The van der Waals surface area contributed by atoms with Crippen molar-refractivity contribution in [2.45, 2.75) is 0 Å². The minimum absolute atomic E-state index is 0.709. The lowest BCUT2D eigenvalue weighted by Crippen LogP contribution is -2.13. The molecule has 0 radical (unpaired) electrons. The van der Waals surface area contributed by atoms with Crippen molar-refractivity contribution in [2.75, 3.05) is 28.4 Å². The van der Waals surface area contributed by atoms with Crippen LogP contribution in [0.4, 0.5) is 0 Å². The van der Waals surface area contributed by atoms with Gasteiger partial charge in [0.1, 0.15) is 22.8 Å². The summed E-state index contributed by atoms with van der Waals surface area (Å²) < 4.78 is 22.7. The molecule has 2 aromatic carbocycles. The van der Waals surface area contributed by atoms with Gasteiger partial charge in [0.15, 0.2) is 0 Å². The Morgan fingerprint density at radius 1 is 0.815 bits per heavy atom. The van der Waals surface area contributed by atoms with E-state index in [4.69, 9.17) is 18.6 Å². The van der Waals surface area contributed by atoms with Gasteiger partial charge in [-0.3, -0.25) is 4.42 Å². The van der Waals surface area contributed by atoms with Gasteiger partial charge in [0, 0.05) is 11.6 Å². The highest BCUT2D eigenvalue weighted by Crippen LogP contribution is 2.42. The molecule has 0 fully saturated rings. The van der Waals surface area contributed by atoms with Gasteiger partial charge < -0.3 is 14.2 Å². The van der Waals surface area contributed by atoms with Crippen LogP contribution in [-0.4, -0.2) is 34.2 Å². The summed E-state index contributed by atoms with van der Waals surface area (Å²) in [5.74, 6) is 2.84. The Bertz CT molecular complexity index is 912. The van der Waals surface area contributed by atoms with Gasteiger partial charge in [-0.1, -0.05) is 36.4 Å². The fourth-order valence-electron chi connectivity index (χ4n) is 3.21. The van der Waals surface area contributed by atoms with E-state index >= 15 is 0 Å². The summed E-state index contributed by atoms with van der Waals surface area (Å²) in [6.07, 6.45) is 5.74. The van der Waals surface area contributed by atoms with E-state index in [0.717, 1.165) is 22.3 Å². The molecule has 0 aromatic heterocycles. The first-order chi connectivity index (χ1) is 13.2. The normalized spacial score (nSPS) is 16.7. The van der Waals surface area contributed by atoms with Gasteiger partial charge in [-0.2, -0.15) is 0 Å². The van der Waals surface area contributed by atoms with Crippen LogP contribution < -0.4 is 9.47 Å². The van der Waals surface area contributed by atoms with Crippen molar-refractivity contribution in [1.29, 1.82) is 0 Å². The van der Waals surface area contributed by atoms with E-state index in [-0.39, 0.29) is 0 Å². The lowest BCUT2D eigenvalue weighted by Gasteiger charge is -2.20. The SMILES string of the molecule is COC1=CC=CC(=[O+]C)C1=C(c1ccccc1)c1c(OC)cccc1OC. The second kappa shape index (κ2) is 8.41. The topological polar surface area (TPSA) is 39.0 Å². The second-order valence-corrected chi connectivity index (χ2v) is 5.82. The van der Waals surface area contributed by atoms with Crippen LogP contribution in [0.5, 0.6) is 11.5 Å². The lowest BCUT2D eigenvalue weighted by atomic mass is 9.87. The first kappa shape index (κ1) is 18.5. The van der Waals surface area contributed by atoms with Crippen molar-refractivity contribution in [3.05, 3.63) is 89.2 Å². The van der Waals surface area contributed by atoms with Crippen molar-refractivity contribution in [1.82, 2.24) is 0 Å². The van der Waals surface area contributed by atoms with Gasteiger partial charge in [-0.15, -0.1) is 0 Å². The summed E-state index contributed by atoms with van der Waals surface area (Å²) in [5, 5.41) is 0. The molecule has 0 heterocycles. The van der Waals surface area contributed by atoms with Gasteiger partial charge in [-0.25, -0.2) is 0 Å². The van der Waals surface area contributed by atoms with Crippen LogP contribution in [0.15, 0.2) is 78.1 Å². The van der Waals surface area contributed by atoms with Crippen molar-refractivity contribution in [3.63, 3.8) is 0 Å². The third kappa shape index (κ3) is 3.51. The minimum Gasteiger partial charge on any atom is -0.496 e. The maximum absolute atomic E-state index is 5.68. The quantitative estimate of drug-likeness (QED) is 0.586. The molecule has 3 rings (SSSR count). The number of ketones is 1. The number of rotatable bonds is 5. The number of methoxy groups -OCH3 is 3. The summed E-state index contributed by atoms with van der Waals surface area (Å²) in [6.45, 7) is 0. The zero-order chi connectivity index (χ0) is 19.2. The Morgan fingerprint density at radius 3 is 2.04 bits per heavy atom. The zero-order valence-corrected chi connectivity index (χ0v) is 16.0. The molecule has 0 bridgehead atoms. The summed E-state index contributed by atoms with van der Waals surface area (Å²) in [5.41, 5.74) is 3.61. The van der Waals surface area contributed by atoms with Gasteiger partial charge in [0.05, 0.1) is 26.9 Å². The van der Waals surface area contributed by atoms with E-state index < -0.39 is 0 Å². The van der Waals surface area contributed by atoms with E-state index in [1.807, 2.05) is 66.8 Å². The third-order valence-electron chi connectivity index (χ3n) is 4.42. The Balaban J connectivity index is 2.46. The third-order valence-corrected chi connectivity index (χ3v) is 4.42. The Labute approximate surface area is 159 Å². The molecule has 2 aromatic rings. The minimum atomic E-state index is 0.709. The molecule has 0 amide bonds. The molecule has 0 aliphatic heterocycles. The van der Waals surface area contributed by atoms with E-state index in [2.05, 4.69) is 0 Å². The number of hydrogen-bond donors (Lipinski definition) is 0. The highest BCUT2D eigenvalue weighted by Gasteiger charge is 2.31. The number of carbonyl (C=O) groups excluding carboxylic acids is 1. The zero-order valence-electron chi connectivity index (χ0n) is 16.0. The molecule has 4 nitrogen and oxygen atoms in total. The standard InChI is InChI=1S/C23H23O4/c1-24-17-12-8-13-18(25-2)22(17)21(16-10-6-5-7-11-16)23-19(26-3)14-9-15-20(23)27-4/h5-15H,1-4H3/q+1. The fraction of sp³-hybridized carbons (Fsp3) is 0.174. The van der Waals surface area contributed by atoms with Crippen LogP contribution in [0.3, 0.4) is 0 Å². The van der Waals surface area contributed by atoms with Crippen molar-refractivity contribution < 1.29 is 18.6 Å². The van der Waals surface area contributed by atoms with E-state index in [9.17, 15) is 0 Å². The molecule has 0 atom stereocenters. The highest BCUT2D eigenvalue weighted by atomic mass is 16.5. The second-order valence-electron chi connectivity index (χ2n) is 5.82. The van der Waals surface area contributed by atoms with Crippen LogP contribution >= 0.6 is 0 Å². The van der Waals surface area contributed by atoms with Crippen LogP contribution in [0, 0.1) is 0 Å². The van der Waals surface area contributed by atoms with Crippen molar-refractivity contribution in [2.24, 2.45) is 0 Å². The molecule has 0 saturated heterocycles. The smallest absolute Gasteiger partial charge is 0.354 e. The van der Waals surface area contributed by atoms with Gasteiger partial charge in [0.25, 0.3) is 7.11 Å². The number of ether oxygens (including phenoxy) is 3. The summed E-state index contributed by atoms with van der Waals surface area (Å²) >= 11 is 0. The Kier molecular flexibility index (Phi) is 5.77. The van der Waals surface area contributed by atoms with Gasteiger partial charge >= 0.3 is 5.78 Å². The molecule has 1 aliphatic rings. The first-order valence-corrected chi connectivity index (χ1v) is 8.60. The monoisotopic (exact) mass is 363 g/mol. The predicted molar refractivity (Wildman–Crippen MR) is 107 cm³/mol. The van der Waals surface area contributed by atoms with E-state index in [1.165, 1.54) is 0 Å². The average Bonchev–Trinajstić information content (AvgIpc) is 2.74. The molecule has 0 saturated carbocycles. The van der Waals surface area contributed by atoms with E-state index in [1.54, 1.807) is 28.4 Å². The molecule has 1 aliphatic carbocycles. The summed E-state index contributed by atoms with van der Waals surface area (Å²) in [7, 11) is 6.61. The summed E-state index contributed by atoms with van der Waals surface area (Å²) in [6, 6.07) is 15.8.